The Balaban J connectivity index is 1.61. The summed E-state index contributed by atoms with van der Waals surface area (Å²) in [6, 6.07) is 10.5. The van der Waals surface area contributed by atoms with Crippen molar-refractivity contribution in [2.24, 2.45) is 7.05 Å². The Hall–Kier alpha value is -4.11. The molecule has 4 aromatic rings. The number of hydrogen-bond acceptors (Lipinski definition) is 5. The van der Waals surface area contributed by atoms with Crippen molar-refractivity contribution in [3.63, 3.8) is 0 Å². The first-order chi connectivity index (χ1) is 16.3. The highest BCUT2D eigenvalue weighted by atomic mass is 19.1. The number of anilines is 1. The van der Waals surface area contributed by atoms with Gasteiger partial charge in [-0.05, 0) is 48.4 Å². The number of carbonyl (C=O) groups excluding carboxylic acids is 1. The largest absolute Gasteiger partial charge is 0.394 e. The van der Waals surface area contributed by atoms with Gasteiger partial charge in [0.1, 0.15) is 23.3 Å². The molecule has 1 unspecified atom stereocenters. The number of nitrogen functional groups attached to an aromatic ring is 1. The Labute approximate surface area is 194 Å². The van der Waals surface area contributed by atoms with Crippen LogP contribution >= 0.6 is 0 Å². The smallest absolute Gasteiger partial charge is 0.254 e. The van der Waals surface area contributed by atoms with Crippen LogP contribution in [-0.2, 0) is 7.05 Å². The third-order valence-corrected chi connectivity index (χ3v) is 5.70. The third-order valence-electron chi connectivity index (χ3n) is 5.70. The topological polar surface area (TPSA) is 106 Å². The van der Waals surface area contributed by atoms with E-state index in [4.69, 9.17) is 5.73 Å². The lowest BCUT2D eigenvalue weighted by molar-refractivity contribution is 0.0912. The Bertz CT molecular complexity index is 1370. The number of imidazole rings is 1. The molecular weight excluding hydrogens is 440 g/mol. The number of aromatic nitrogens is 3. The van der Waals surface area contributed by atoms with Gasteiger partial charge in [0.25, 0.3) is 5.91 Å². The van der Waals surface area contributed by atoms with Crippen LogP contribution in [-0.4, -0.2) is 32.2 Å². The van der Waals surface area contributed by atoms with Gasteiger partial charge in [0.15, 0.2) is 0 Å². The fraction of sp³-hybridized carbons (Fsp3) is 0.160. The molecule has 0 aliphatic carbocycles. The second-order valence-electron chi connectivity index (χ2n) is 7.86. The summed E-state index contributed by atoms with van der Waals surface area (Å²) in [5.74, 6) is -0.972. The molecule has 2 aromatic carbocycles. The highest BCUT2D eigenvalue weighted by Gasteiger charge is 2.19. The van der Waals surface area contributed by atoms with Crippen LogP contribution < -0.4 is 11.1 Å². The van der Waals surface area contributed by atoms with Crippen LogP contribution in [0.3, 0.4) is 0 Å². The predicted molar refractivity (Wildman–Crippen MR) is 125 cm³/mol. The van der Waals surface area contributed by atoms with Crippen molar-refractivity contribution in [1.29, 1.82) is 0 Å². The van der Waals surface area contributed by atoms with E-state index in [1.807, 2.05) is 18.5 Å². The molecule has 7 nitrogen and oxygen atoms in total. The van der Waals surface area contributed by atoms with Crippen LogP contribution in [0, 0.1) is 18.6 Å². The Kier molecular flexibility index (Phi) is 6.38. The SMILES string of the molecule is Cc1ncc(-c2cnc(N)c(-c3ccc(C(=O)NC(CO)c4cccc(F)c4)c(F)c3)c2)n1C. The summed E-state index contributed by atoms with van der Waals surface area (Å²) >= 11 is 0. The second kappa shape index (κ2) is 9.40. The number of pyridine rings is 1. The standard InChI is InChI=1S/C25H23F2N5O2/c1-14-29-12-23(32(14)2)17-9-20(24(28)30-11-17)15-6-7-19(21(27)10-15)25(34)31-22(13-33)16-4-3-5-18(26)8-16/h3-12,22,33H,13H2,1-2H3,(H2,28,30)(H,31,34). The summed E-state index contributed by atoms with van der Waals surface area (Å²) in [6.45, 7) is 1.40. The molecule has 4 rings (SSSR count). The van der Waals surface area contributed by atoms with E-state index in [1.165, 1.54) is 30.3 Å². The van der Waals surface area contributed by atoms with E-state index >= 15 is 0 Å². The van der Waals surface area contributed by atoms with Gasteiger partial charge in [0, 0.05) is 24.4 Å². The highest BCUT2D eigenvalue weighted by Crippen LogP contribution is 2.31. The van der Waals surface area contributed by atoms with Crippen LogP contribution in [0.15, 0.2) is 60.9 Å². The molecule has 0 aliphatic rings. The van der Waals surface area contributed by atoms with Crippen molar-refractivity contribution in [3.8, 4) is 22.4 Å². The van der Waals surface area contributed by atoms with Crippen LogP contribution in [0.4, 0.5) is 14.6 Å². The van der Waals surface area contributed by atoms with Gasteiger partial charge in [-0.2, -0.15) is 0 Å². The molecule has 1 amide bonds. The van der Waals surface area contributed by atoms with E-state index in [0.29, 0.717) is 16.7 Å². The number of benzene rings is 2. The lowest BCUT2D eigenvalue weighted by Gasteiger charge is -2.17. The zero-order valence-electron chi connectivity index (χ0n) is 18.6. The number of aliphatic hydroxyl groups is 1. The van der Waals surface area contributed by atoms with Gasteiger partial charge in [-0.1, -0.05) is 18.2 Å². The Morgan fingerprint density at radius 2 is 1.91 bits per heavy atom. The Morgan fingerprint density at radius 3 is 2.56 bits per heavy atom. The molecule has 4 N–H and O–H groups in total. The summed E-state index contributed by atoms with van der Waals surface area (Å²) < 4.78 is 30.4. The summed E-state index contributed by atoms with van der Waals surface area (Å²) in [7, 11) is 1.88. The number of nitrogens with zero attached hydrogens (tertiary/aromatic N) is 3. The van der Waals surface area contributed by atoms with Crippen LogP contribution in [0.5, 0.6) is 0 Å². The third kappa shape index (κ3) is 4.51. The van der Waals surface area contributed by atoms with Crippen LogP contribution in [0.1, 0.15) is 27.8 Å². The van der Waals surface area contributed by atoms with E-state index in [-0.39, 0.29) is 11.4 Å². The fourth-order valence-electron chi connectivity index (χ4n) is 3.68. The summed E-state index contributed by atoms with van der Waals surface area (Å²) in [6.07, 6.45) is 3.34. The number of aliphatic hydroxyl groups excluding tert-OH is 1. The quantitative estimate of drug-likeness (QED) is 0.404. The van der Waals surface area contributed by atoms with Gasteiger partial charge in [-0.15, -0.1) is 0 Å². The number of aryl methyl sites for hydroxylation is 1. The number of amides is 1. The number of rotatable bonds is 6. The van der Waals surface area contributed by atoms with Gasteiger partial charge in [0.05, 0.1) is 30.1 Å². The molecule has 0 fully saturated rings. The summed E-state index contributed by atoms with van der Waals surface area (Å²) in [5, 5.41) is 12.2. The number of carbonyl (C=O) groups is 1. The van der Waals surface area contributed by atoms with E-state index in [2.05, 4.69) is 15.3 Å². The minimum atomic E-state index is -0.888. The minimum Gasteiger partial charge on any atom is -0.394 e. The molecule has 34 heavy (non-hydrogen) atoms. The first-order valence-corrected chi connectivity index (χ1v) is 10.5. The summed E-state index contributed by atoms with van der Waals surface area (Å²) in [5.41, 5.74) is 8.75. The molecule has 0 aliphatic heterocycles. The first-order valence-electron chi connectivity index (χ1n) is 10.5. The molecule has 0 saturated carbocycles. The van der Waals surface area contributed by atoms with E-state index in [0.717, 1.165) is 17.1 Å². The molecule has 2 heterocycles. The average molecular weight is 463 g/mol. The first kappa shape index (κ1) is 23.1. The maximum atomic E-state index is 15.0. The van der Waals surface area contributed by atoms with E-state index in [1.54, 1.807) is 30.6 Å². The second-order valence-corrected chi connectivity index (χ2v) is 7.86. The maximum absolute atomic E-state index is 15.0. The van der Waals surface area contributed by atoms with Gasteiger partial charge < -0.3 is 20.7 Å². The lowest BCUT2D eigenvalue weighted by Crippen LogP contribution is -2.31. The highest BCUT2D eigenvalue weighted by molar-refractivity contribution is 5.95. The molecule has 174 valence electrons. The molecule has 0 saturated heterocycles. The van der Waals surface area contributed by atoms with Crippen molar-refractivity contribution in [2.75, 3.05) is 12.3 Å². The number of hydrogen-bond donors (Lipinski definition) is 3. The average Bonchev–Trinajstić information content (AvgIpc) is 3.15. The van der Waals surface area contributed by atoms with Gasteiger partial charge >= 0.3 is 0 Å². The van der Waals surface area contributed by atoms with Crippen LogP contribution in [0.25, 0.3) is 22.4 Å². The van der Waals surface area contributed by atoms with Gasteiger partial charge in [-0.3, -0.25) is 4.79 Å². The summed E-state index contributed by atoms with van der Waals surface area (Å²) in [4.78, 5) is 21.2. The zero-order valence-corrected chi connectivity index (χ0v) is 18.6. The Morgan fingerprint density at radius 1 is 1.12 bits per heavy atom. The maximum Gasteiger partial charge on any atom is 0.254 e. The van der Waals surface area contributed by atoms with Crippen molar-refractivity contribution in [2.45, 2.75) is 13.0 Å². The van der Waals surface area contributed by atoms with Crippen LogP contribution in [0.2, 0.25) is 0 Å². The lowest BCUT2D eigenvalue weighted by atomic mass is 10.0. The molecule has 9 heteroatoms. The molecule has 0 radical (unpaired) electrons. The molecule has 0 spiro atoms. The number of halogens is 2. The molecule has 0 bridgehead atoms. The monoisotopic (exact) mass is 463 g/mol. The van der Waals surface area contributed by atoms with Crippen molar-refractivity contribution >= 4 is 11.7 Å². The van der Waals surface area contributed by atoms with Crippen molar-refractivity contribution in [3.05, 3.63) is 89.5 Å². The fourth-order valence-corrected chi connectivity index (χ4v) is 3.68. The van der Waals surface area contributed by atoms with E-state index < -0.39 is 30.2 Å². The van der Waals surface area contributed by atoms with E-state index in [9.17, 15) is 18.7 Å². The zero-order chi connectivity index (χ0) is 24.4. The molecule has 1 atom stereocenters. The predicted octanol–water partition coefficient (Wildman–Crippen LogP) is 3.78. The molecule has 2 aromatic heterocycles. The normalized spacial score (nSPS) is 11.9. The minimum absolute atomic E-state index is 0.214. The van der Waals surface area contributed by atoms with Crippen molar-refractivity contribution in [1.82, 2.24) is 19.9 Å². The van der Waals surface area contributed by atoms with Gasteiger partial charge in [0.2, 0.25) is 0 Å². The van der Waals surface area contributed by atoms with Gasteiger partial charge in [-0.25, -0.2) is 18.7 Å². The number of nitrogens with one attached hydrogen (secondary N) is 1. The van der Waals surface area contributed by atoms with Crippen molar-refractivity contribution < 1.29 is 18.7 Å². The molecular formula is C25H23F2N5O2. The number of nitrogens with two attached hydrogens (primary N) is 1.